The number of aryl methyl sites for hydroxylation is 2. The Balaban J connectivity index is 1.54. The standard InChI is InChI=1S/C14H21N7OS/c1-15-13(22)16-11-4-7-20(8-5-11)14-17-18-19-21(14)9-6-12-3-2-10-23-12/h2-3,10-11H,4-9H2,1H3,(H2,15,16,22). The van der Waals surface area contributed by atoms with Crippen LogP contribution >= 0.6 is 11.3 Å². The van der Waals surface area contributed by atoms with E-state index in [0.29, 0.717) is 0 Å². The van der Waals surface area contributed by atoms with Crippen molar-refractivity contribution < 1.29 is 4.79 Å². The number of anilines is 1. The van der Waals surface area contributed by atoms with Crippen molar-refractivity contribution in [2.45, 2.75) is 31.8 Å². The molecule has 1 aliphatic rings. The van der Waals surface area contributed by atoms with Crippen molar-refractivity contribution in [1.82, 2.24) is 30.8 Å². The summed E-state index contributed by atoms with van der Waals surface area (Å²) in [5, 5.41) is 19.7. The quantitative estimate of drug-likeness (QED) is 0.847. The molecule has 2 aromatic rings. The third kappa shape index (κ3) is 3.98. The van der Waals surface area contributed by atoms with Gasteiger partial charge in [-0.3, -0.25) is 0 Å². The first-order valence-corrected chi connectivity index (χ1v) is 8.66. The number of aromatic nitrogens is 4. The molecular formula is C14H21N7OS. The summed E-state index contributed by atoms with van der Waals surface area (Å²) in [4.78, 5) is 14.9. The third-order valence-electron chi connectivity index (χ3n) is 4.00. The summed E-state index contributed by atoms with van der Waals surface area (Å²) in [6.07, 6.45) is 2.72. The molecule has 0 unspecified atom stereocenters. The zero-order valence-corrected chi connectivity index (χ0v) is 13.9. The maximum atomic E-state index is 11.4. The average molecular weight is 335 g/mol. The highest BCUT2D eigenvalue weighted by atomic mass is 32.1. The predicted octanol–water partition coefficient (Wildman–Crippen LogP) is 0.875. The lowest BCUT2D eigenvalue weighted by molar-refractivity contribution is 0.236. The van der Waals surface area contributed by atoms with E-state index in [1.165, 1.54) is 4.88 Å². The maximum absolute atomic E-state index is 11.4. The van der Waals surface area contributed by atoms with Crippen molar-refractivity contribution in [1.29, 1.82) is 0 Å². The number of amides is 2. The average Bonchev–Trinajstić information content (AvgIpc) is 3.25. The Hall–Kier alpha value is -2.16. The van der Waals surface area contributed by atoms with Crippen LogP contribution in [0.1, 0.15) is 17.7 Å². The van der Waals surface area contributed by atoms with Crippen molar-refractivity contribution >= 4 is 23.3 Å². The summed E-state index contributed by atoms with van der Waals surface area (Å²) < 4.78 is 1.87. The van der Waals surface area contributed by atoms with Gasteiger partial charge in [-0.25, -0.2) is 9.48 Å². The van der Waals surface area contributed by atoms with Crippen LogP contribution in [0.4, 0.5) is 10.7 Å². The van der Waals surface area contributed by atoms with E-state index in [1.807, 2.05) is 4.68 Å². The number of urea groups is 1. The lowest BCUT2D eigenvalue weighted by Crippen LogP contribution is -2.47. The summed E-state index contributed by atoms with van der Waals surface area (Å²) in [5.74, 6) is 0.819. The Kier molecular flexibility index (Phi) is 5.06. The molecule has 2 amide bonds. The molecule has 1 fully saturated rings. The number of nitrogens with one attached hydrogen (secondary N) is 2. The van der Waals surface area contributed by atoms with Gasteiger partial charge in [-0.15, -0.1) is 11.3 Å². The maximum Gasteiger partial charge on any atom is 0.314 e. The molecule has 1 saturated heterocycles. The zero-order chi connectivity index (χ0) is 16.1. The van der Waals surface area contributed by atoms with E-state index in [0.717, 1.165) is 44.8 Å². The Labute approximate surface area is 138 Å². The number of nitrogens with zero attached hydrogens (tertiary/aromatic N) is 5. The highest BCUT2D eigenvalue weighted by Gasteiger charge is 2.23. The van der Waals surface area contributed by atoms with Crippen molar-refractivity contribution in [3.05, 3.63) is 22.4 Å². The molecule has 0 bridgehead atoms. The summed E-state index contributed by atoms with van der Waals surface area (Å²) in [6.45, 7) is 2.46. The molecule has 8 nitrogen and oxygen atoms in total. The van der Waals surface area contributed by atoms with E-state index in [1.54, 1.807) is 18.4 Å². The molecule has 0 saturated carbocycles. The summed E-state index contributed by atoms with van der Waals surface area (Å²) in [5.41, 5.74) is 0. The molecule has 0 aromatic carbocycles. The van der Waals surface area contributed by atoms with Crippen LogP contribution in [0.25, 0.3) is 0 Å². The second-order valence-electron chi connectivity index (χ2n) is 5.52. The Bertz CT molecular complexity index is 619. The van der Waals surface area contributed by atoms with Crippen LogP contribution in [0.5, 0.6) is 0 Å². The number of tetrazole rings is 1. The topological polar surface area (TPSA) is 88.0 Å². The molecule has 0 atom stereocenters. The zero-order valence-electron chi connectivity index (χ0n) is 13.1. The highest BCUT2D eigenvalue weighted by Crippen LogP contribution is 2.18. The van der Waals surface area contributed by atoms with E-state index in [2.05, 4.69) is 48.6 Å². The van der Waals surface area contributed by atoms with Gasteiger partial charge in [0, 0.05) is 37.5 Å². The third-order valence-corrected chi connectivity index (χ3v) is 4.94. The molecule has 23 heavy (non-hydrogen) atoms. The van der Waals surface area contributed by atoms with Crippen molar-refractivity contribution in [3.63, 3.8) is 0 Å². The van der Waals surface area contributed by atoms with Crippen molar-refractivity contribution in [3.8, 4) is 0 Å². The molecule has 2 N–H and O–H groups in total. The molecule has 0 spiro atoms. The van der Waals surface area contributed by atoms with Crippen molar-refractivity contribution in [2.24, 2.45) is 0 Å². The van der Waals surface area contributed by atoms with Gasteiger partial charge in [-0.1, -0.05) is 11.2 Å². The highest BCUT2D eigenvalue weighted by molar-refractivity contribution is 7.09. The fraction of sp³-hybridized carbons (Fsp3) is 0.571. The van der Waals surface area contributed by atoms with Crippen LogP contribution in [0.2, 0.25) is 0 Å². The minimum absolute atomic E-state index is 0.121. The SMILES string of the molecule is CNC(=O)NC1CCN(c2nnnn2CCc2cccs2)CC1. The monoisotopic (exact) mass is 335 g/mol. The van der Waals surface area contributed by atoms with E-state index < -0.39 is 0 Å². The van der Waals surface area contributed by atoms with Gasteiger partial charge in [0.15, 0.2) is 0 Å². The van der Waals surface area contributed by atoms with Crippen LogP contribution in [-0.2, 0) is 13.0 Å². The van der Waals surface area contributed by atoms with Gasteiger partial charge < -0.3 is 15.5 Å². The van der Waals surface area contributed by atoms with Crippen LogP contribution in [0, 0.1) is 0 Å². The van der Waals surface area contributed by atoms with Gasteiger partial charge in [-0.2, -0.15) is 0 Å². The molecule has 3 heterocycles. The van der Waals surface area contributed by atoms with Gasteiger partial charge in [0.2, 0.25) is 5.95 Å². The number of hydrogen-bond acceptors (Lipinski definition) is 6. The number of hydrogen-bond donors (Lipinski definition) is 2. The fourth-order valence-corrected chi connectivity index (χ4v) is 3.42. The lowest BCUT2D eigenvalue weighted by Gasteiger charge is -2.32. The smallest absolute Gasteiger partial charge is 0.314 e. The normalized spacial score (nSPS) is 15.6. The second-order valence-corrected chi connectivity index (χ2v) is 6.55. The Morgan fingerprint density at radius 1 is 1.43 bits per heavy atom. The fourth-order valence-electron chi connectivity index (χ4n) is 2.72. The van der Waals surface area contributed by atoms with Crippen LogP contribution in [0.15, 0.2) is 17.5 Å². The number of thiophene rings is 1. The van der Waals surface area contributed by atoms with E-state index >= 15 is 0 Å². The van der Waals surface area contributed by atoms with E-state index in [9.17, 15) is 4.79 Å². The Morgan fingerprint density at radius 3 is 2.96 bits per heavy atom. The molecule has 0 radical (unpaired) electrons. The second kappa shape index (κ2) is 7.40. The minimum Gasteiger partial charge on any atom is -0.341 e. The molecular weight excluding hydrogens is 314 g/mol. The van der Waals surface area contributed by atoms with Crippen LogP contribution in [0.3, 0.4) is 0 Å². The number of carbonyl (C=O) groups is 1. The van der Waals surface area contributed by atoms with E-state index in [-0.39, 0.29) is 12.1 Å². The van der Waals surface area contributed by atoms with Gasteiger partial charge in [0.25, 0.3) is 0 Å². The number of piperidine rings is 1. The molecule has 124 valence electrons. The Morgan fingerprint density at radius 2 is 2.26 bits per heavy atom. The molecule has 3 rings (SSSR count). The lowest BCUT2D eigenvalue weighted by atomic mass is 10.1. The van der Waals surface area contributed by atoms with Gasteiger partial charge in [0.05, 0.1) is 6.54 Å². The molecule has 1 aliphatic heterocycles. The molecule has 2 aromatic heterocycles. The molecule has 0 aliphatic carbocycles. The number of rotatable bonds is 5. The minimum atomic E-state index is -0.121. The van der Waals surface area contributed by atoms with E-state index in [4.69, 9.17) is 0 Å². The summed E-state index contributed by atoms with van der Waals surface area (Å²) in [6, 6.07) is 4.28. The van der Waals surface area contributed by atoms with Gasteiger partial charge in [0.1, 0.15) is 0 Å². The van der Waals surface area contributed by atoms with Gasteiger partial charge >= 0.3 is 6.03 Å². The first kappa shape index (κ1) is 15.7. The summed E-state index contributed by atoms with van der Waals surface area (Å²) in [7, 11) is 1.63. The van der Waals surface area contributed by atoms with Crippen LogP contribution < -0.4 is 15.5 Å². The largest absolute Gasteiger partial charge is 0.341 e. The summed E-state index contributed by atoms with van der Waals surface area (Å²) >= 11 is 1.75. The van der Waals surface area contributed by atoms with Crippen molar-refractivity contribution in [2.75, 3.05) is 25.0 Å². The van der Waals surface area contributed by atoms with Crippen LogP contribution in [-0.4, -0.2) is 52.4 Å². The first-order chi connectivity index (χ1) is 11.3. The first-order valence-electron chi connectivity index (χ1n) is 7.78. The van der Waals surface area contributed by atoms with Gasteiger partial charge in [-0.05, 0) is 34.7 Å². The molecule has 9 heteroatoms. The predicted molar refractivity (Wildman–Crippen MR) is 88.7 cm³/mol. The number of carbonyl (C=O) groups excluding carboxylic acids is 1.